The third-order valence-corrected chi connectivity index (χ3v) is 3.60. The summed E-state index contributed by atoms with van der Waals surface area (Å²) in [6.45, 7) is 8.68. The molecule has 1 aliphatic heterocycles. The highest BCUT2D eigenvalue weighted by atomic mass is 16.2. The largest absolute Gasteiger partial charge is 0.327 e. The lowest BCUT2D eigenvalue weighted by atomic mass is 9.97. The van der Waals surface area contributed by atoms with Gasteiger partial charge in [-0.15, -0.1) is 0 Å². The van der Waals surface area contributed by atoms with E-state index >= 15 is 0 Å². The Bertz CT molecular complexity index is 472. The molecular formula is C17H27N3O. The average molecular weight is 289 g/mol. The second kappa shape index (κ2) is 9.29. The molecule has 3 N–H and O–H groups in total. The lowest BCUT2D eigenvalue weighted by molar-refractivity contribution is -0.121. The number of carbonyl (C=O) groups excluding carboxylic acids is 1. The van der Waals surface area contributed by atoms with Crippen LogP contribution < -0.4 is 11.2 Å². The molecule has 0 saturated carbocycles. The number of carbonyl (C=O) groups is 1. The molecule has 0 aromatic rings. The molecule has 4 nitrogen and oxygen atoms in total. The van der Waals surface area contributed by atoms with Crippen LogP contribution in [0.4, 0.5) is 0 Å². The van der Waals surface area contributed by atoms with Crippen molar-refractivity contribution in [1.29, 1.82) is 0 Å². The first-order valence-electron chi connectivity index (χ1n) is 7.62. The molecular weight excluding hydrogens is 262 g/mol. The fraction of sp³-hybridized carbons (Fsp3) is 0.529. The van der Waals surface area contributed by atoms with E-state index in [1.54, 1.807) is 0 Å². The third kappa shape index (κ3) is 6.54. The fourth-order valence-electron chi connectivity index (χ4n) is 2.18. The predicted octanol–water partition coefficient (Wildman–Crippen LogP) is 3.22. The van der Waals surface area contributed by atoms with E-state index in [9.17, 15) is 4.79 Å². The highest BCUT2D eigenvalue weighted by Crippen LogP contribution is 2.17. The Kier molecular flexibility index (Phi) is 7.69. The van der Waals surface area contributed by atoms with Crippen molar-refractivity contribution in [2.75, 3.05) is 6.54 Å². The summed E-state index contributed by atoms with van der Waals surface area (Å²) in [7, 11) is 0. The first kappa shape index (κ1) is 17.4. The molecule has 1 heterocycles. The van der Waals surface area contributed by atoms with Gasteiger partial charge in [0.15, 0.2) is 0 Å². The second-order valence-electron chi connectivity index (χ2n) is 5.49. The predicted molar refractivity (Wildman–Crippen MR) is 89.0 cm³/mol. The zero-order chi connectivity index (χ0) is 15.7. The lowest BCUT2D eigenvalue weighted by Crippen LogP contribution is -2.21. The SMILES string of the molecule is C=C1CCCCCC(=O)N/N=C\1CC(=C/C)/C=C(\C)CN. The van der Waals surface area contributed by atoms with Crippen LogP contribution in [0, 0.1) is 0 Å². The van der Waals surface area contributed by atoms with Crippen LogP contribution in [0.3, 0.4) is 0 Å². The fourth-order valence-corrected chi connectivity index (χ4v) is 2.18. The molecule has 0 atom stereocenters. The van der Waals surface area contributed by atoms with Gasteiger partial charge in [-0.1, -0.05) is 30.7 Å². The van der Waals surface area contributed by atoms with Crippen molar-refractivity contribution in [3.05, 3.63) is 35.5 Å². The van der Waals surface area contributed by atoms with Gasteiger partial charge < -0.3 is 5.73 Å². The van der Waals surface area contributed by atoms with Crippen LogP contribution >= 0.6 is 0 Å². The summed E-state index contributed by atoms with van der Waals surface area (Å²) < 4.78 is 0. The molecule has 0 radical (unpaired) electrons. The molecule has 4 heteroatoms. The number of hydrogen-bond acceptors (Lipinski definition) is 3. The van der Waals surface area contributed by atoms with Crippen molar-refractivity contribution >= 4 is 11.6 Å². The molecule has 21 heavy (non-hydrogen) atoms. The number of allylic oxidation sites excluding steroid dienone is 4. The summed E-state index contributed by atoms with van der Waals surface area (Å²) in [6.07, 6.45) is 9.33. The van der Waals surface area contributed by atoms with E-state index in [0.717, 1.165) is 48.1 Å². The van der Waals surface area contributed by atoms with Crippen LogP contribution in [0.2, 0.25) is 0 Å². The number of nitrogens with one attached hydrogen (secondary N) is 1. The molecule has 0 bridgehead atoms. The Morgan fingerprint density at radius 2 is 2.10 bits per heavy atom. The van der Waals surface area contributed by atoms with Crippen molar-refractivity contribution in [1.82, 2.24) is 5.43 Å². The summed E-state index contributed by atoms with van der Waals surface area (Å²) in [5, 5.41) is 4.28. The Balaban J connectivity index is 2.87. The molecule has 0 aromatic carbocycles. The summed E-state index contributed by atoms with van der Waals surface area (Å²) in [4.78, 5) is 11.6. The molecule has 1 amide bonds. The Labute approximate surface area is 127 Å². The van der Waals surface area contributed by atoms with Gasteiger partial charge in [-0.05, 0) is 44.3 Å². The van der Waals surface area contributed by atoms with Gasteiger partial charge in [-0.2, -0.15) is 5.10 Å². The maximum absolute atomic E-state index is 11.6. The van der Waals surface area contributed by atoms with E-state index in [1.165, 1.54) is 0 Å². The molecule has 0 spiro atoms. The third-order valence-electron chi connectivity index (χ3n) is 3.60. The van der Waals surface area contributed by atoms with Crippen molar-refractivity contribution < 1.29 is 4.79 Å². The summed E-state index contributed by atoms with van der Waals surface area (Å²) in [5.41, 5.74) is 12.4. The summed E-state index contributed by atoms with van der Waals surface area (Å²) in [6, 6.07) is 0. The van der Waals surface area contributed by atoms with Crippen LogP contribution in [-0.2, 0) is 4.79 Å². The normalized spacial score (nSPS) is 21.6. The number of nitrogens with zero attached hydrogens (tertiary/aromatic N) is 1. The molecule has 0 unspecified atom stereocenters. The minimum absolute atomic E-state index is 0.0158. The minimum atomic E-state index is -0.0158. The van der Waals surface area contributed by atoms with Crippen LogP contribution in [0.5, 0.6) is 0 Å². The van der Waals surface area contributed by atoms with Gasteiger partial charge in [-0.3, -0.25) is 4.79 Å². The van der Waals surface area contributed by atoms with Crippen LogP contribution in [0.1, 0.15) is 52.4 Å². The van der Waals surface area contributed by atoms with Gasteiger partial charge in [-0.25, -0.2) is 5.43 Å². The smallest absolute Gasteiger partial charge is 0.240 e. The van der Waals surface area contributed by atoms with E-state index in [1.807, 2.05) is 13.8 Å². The molecule has 0 saturated heterocycles. The highest BCUT2D eigenvalue weighted by molar-refractivity contribution is 6.01. The van der Waals surface area contributed by atoms with Gasteiger partial charge in [0, 0.05) is 19.4 Å². The standard InChI is InChI=1S/C17H27N3O/c1-4-15(10-13(2)12-18)11-16-14(3)8-6-5-7-9-17(21)20-19-16/h4,10H,3,5-9,11-12,18H2,1-2H3,(H,20,21)/b13-10+,15-4+,19-16-. The second-order valence-corrected chi connectivity index (χ2v) is 5.49. The van der Waals surface area contributed by atoms with E-state index in [2.05, 4.69) is 29.3 Å². The van der Waals surface area contributed by atoms with Gasteiger partial charge in [0.1, 0.15) is 0 Å². The topological polar surface area (TPSA) is 67.5 Å². The average Bonchev–Trinajstić information content (AvgIpc) is 2.48. The number of amides is 1. The Morgan fingerprint density at radius 3 is 2.76 bits per heavy atom. The van der Waals surface area contributed by atoms with Crippen LogP contribution in [-0.4, -0.2) is 18.2 Å². The first-order valence-corrected chi connectivity index (χ1v) is 7.62. The van der Waals surface area contributed by atoms with Gasteiger partial charge >= 0.3 is 0 Å². The molecule has 0 aliphatic carbocycles. The van der Waals surface area contributed by atoms with E-state index in [-0.39, 0.29) is 5.91 Å². The zero-order valence-electron chi connectivity index (χ0n) is 13.2. The minimum Gasteiger partial charge on any atom is -0.327 e. The zero-order valence-corrected chi connectivity index (χ0v) is 13.2. The Hall–Kier alpha value is -1.68. The van der Waals surface area contributed by atoms with Crippen LogP contribution in [0.25, 0.3) is 0 Å². The monoisotopic (exact) mass is 289 g/mol. The van der Waals surface area contributed by atoms with Crippen molar-refractivity contribution in [3.63, 3.8) is 0 Å². The first-order chi connectivity index (χ1) is 10.1. The van der Waals surface area contributed by atoms with E-state index in [4.69, 9.17) is 5.73 Å². The molecule has 1 aliphatic rings. The molecule has 116 valence electrons. The van der Waals surface area contributed by atoms with Crippen LogP contribution in [0.15, 0.2) is 40.6 Å². The van der Waals surface area contributed by atoms with Crippen molar-refractivity contribution in [2.45, 2.75) is 52.4 Å². The summed E-state index contributed by atoms with van der Waals surface area (Å²) >= 11 is 0. The molecule has 0 aromatic heterocycles. The Morgan fingerprint density at radius 1 is 1.38 bits per heavy atom. The van der Waals surface area contributed by atoms with E-state index in [0.29, 0.717) is 19.4 Å². The quantitative estimate of drug-likeness (QED) is 0.780. The summed E-state index contributed by atoms with van der Waals surface area (Å²) in [5.74, 6) is -0.0158. The number of nitrogens with two attached hydrogens (primary N) is 1. The number of rotatable bonds is 4. The number of hydrazone groups is 1. The van der Waals surface area contributed by atoms with Crippen molar-refractivity contribution in [2.24, 2.45) is 10.8 Å². The van der Waals surface area contributed by atoms with Crippen molar-refractivity contribution in [3.8, 4) is 0 Å². The maximum atomic E-state index is 11.6. The highest BCUT2D eigenvalue weighted by Gasteiger charge is 2.11. The number of hydrogen-bond donors (Lipinski definition) is 2. The van der Waals surface area contributed by atoms with Gasteiger partial charge in [0.05, 0.1) is 5.71 Å². The van der Waals surface area contributed by atoms with Gasteiger partial charge in [0.2, 0.25) is 5.91 Å². The van der Waals surface area contributed by atoms with E-state index < -0.39 is 0 Å². The maximum Gasteiger partial charge on any atom is 0.240 e. The van der Waals surface area contributed by atoms with Gasteiger partial charge in [0.25, 0.3) is 0 Å². The molecule has 0 fully saturated rings. The molecule has 1 rings (SSSR count). The lowest BCUT2D eigenvalue weighted by Gasteiger charge is -2.13.